The van der Waals surface area contributed by atoms with E-state index >= 15 is 0 Å². The summed E-state index contributed by atoms with van der Waals surface area (Å²) in [6.07, 6.45) is 3.92. The molecule has 2 unspecified atom stereocenters. The van der Waals surface area contributed by atoms with Crippen LogP contribution in [-0.2, 0) is 5.75 Å². The molecule has 0 radical (unpaired) electrons. The number of nitrogens with one attached hydrogen (secondary N) is 1. The molecule has 1 aromatic carbocycles. The highest BCUT2D eigenvalue weighted by Gasteiger charge is 2.41. The normalized spacial score (nSPS) is 25.0. The van der Waals surface area contributed by atoms with E-state index in [4.69, 9.17) is 0 Å². The maximum atomic E-state index is 3.80. The lowest BCUT2D eigenvalue weighted by Gasteiger charge is -2.31. The zero-order chi connectivity index (χ0) is 14.6. The largest absolute Gasteiger partial charge is 0.312 e. The molecule has 0 aliphatic heterocycles. The average Bonchev–Trinajstić information content (AvgIpc) is 2.70. The third-order valence-corrected chi connectivity index (χ3v) is 6.03. The van der Waals surface area contributed by atoms with Gasteiger partial charge in [0.1, 0.15) is 0 Å². The lowest BCUT2D eigenvalue weighted by Crippen LogP contribution is -2.43. The Bertz CT molecular complexity index is 427. The lowest BCUT2D eigenvalue weighted by atomic mass is 9.87. The van der Waals surface area contributed by atoms with Gasteiger partial charge in [0.15, 0.2) is 0 Å². The van der Waals surface area contributed by atoms with E-state index < -0.39 is 0 Å². The summed E-state index contributed by atoms with van der Waals surface area (Å²) in [5.74, 6) is 1.15. The minimum atomic E-state index is 0.443. The Morgan fingerprint density at radius 2 is 2.05 bits per heavy atom. The first-order valence-corrected chi connectivity index (χ1v) is 8.99. The Hall–Kier alpha value is -0.470. The predicted molar refractivity (Wildman–Crippen MR) is 91.4 cm³/mol. The molecule has 0 heterocycles. The summed E-state index contributed by atoms with van der Waals surface area (Å²) in [5.41, 5.74) is 3.37. The fraction of sp³-hybridized carbons (Fsp3) is 0.667. The highest BCUT2D eigenvalue weighted by Crippen LogP contribution is 2.43. The van der Waals surface area contributed by atoms with Gasteiger partial charge in [-0.25, -0.2) is 0 Å². The summed E-state index contributed by atoms with van der Waals surface area (Å²) in [6, 6.07) is 9.46. The van der Waals surface area contributed by atoms with Crippen molar-refractivity contribution in [1.82, 2.24) is 5.32 Å². The summed E-state index contributed by atoms with van der Waals surface area (Å²) < 4.78 is 0. The van der Waals surface area contributed by atoms with Crippen molar-refractivity contribution >= 4 is 11.8 Å². The molecule has 2 atom stereocenters. The van der Waals surface area contributed by atoms with Crippen molar-refractivity contribution in [3.8, 4) is 0 Å². The van der Waals surface area contributed by atoms with Gasteiger partial charge in [-0.3, -0.25) is 0 Å². The van der Waals surface area contributed by atoms with Crippen LogP contribution in [0, 0.1) is 12.3 Å². The second-order valence-electron chi connectivity index (χ2n) is 6.73. The first kappa shape index (κ1) is 15.9. The second-order valence-corrected chi connectivity index (χ2v) is 7.96. The summed E-state index contributed by atoms with van der Waals surface area (Å²) in [7, 11) is 0. The number of hydrogen-bond donors (Lipinski definition) is 1. The Morgan fingerprint density at radius 1 is 1.30 bits per heavy atom. The van der Waals surface area contributed by atoms with Gasteiger partial charge in [-0.15, -0.1) is 0 Å². The van der Waals surface area contributed by atoms with Crippen molar-refractivity contribution in [2.45, 2.75) is 64.0 Å². The molecule has 1 aliphatic carbocycles. The van der Waals surface area contributed by atoms with Crippen LogP contribution in [0.15, 0.2) is 24.3 Å². The molecule has 0 bridgehead atoms. The van der Waals surface area contributed by atoms with E-state index in [9.17, 15) is 0 Å². The quantitative estimate of drug-likeness (QED) is 0.809. The maximum Gasteiger partial charge on any atom is 0.0237 e. The van der Waals surface area contributed by atoms with E-state index in [1.54, 1.807) is 0 Å². The fourth-order valence-corrected chi connectivity index (χ4v) is 4.85. The molecule has 1 aromatic rings. The van der Waals surface area contributed by atoms with Crippen LogP contribution in [0.25, 0.3) is 0 Å². The summed E-state index contributed by atoms with van der Waals surface area (Å²) in [4.78, 5) is 0. The van der Waals surface area contributed by atoms with E-state index in [2.05, 4.69) is 69.0 Å². The van der Waals surface area contributed by atoms with E-state index in [-0.39, 0.29) is 0 Å². The van der Waals surface area contributed by atoms with Gasteiger partial charge >= 0.3 is 0 Å². The van der Waals surface area contributed by atoms with Gasteiger partial charge in [0.05, 0.1) is 0 Å². The minimum absolute atomic E-state index is 0.443. The van der Waals surface area contributed by atoms with Crippen molar-refractivity contribution in [3.63, 3.8) is 0 Å². The first-order chi connectivity index (χ1) is 9.54. The number of thioether (sulfide) groups is 1. The average molecular weight is 292 g/mol. The van der Waals surface area contributed by atoms with Crippen molar-refractivity contribution in [2.75, 3.05) is 6.54 Å². The summed E-state index contributed by atoms with van der Waals surface area (Å²) in [5, 5.41) is 4.56. The molecule has 0 aromatic heterocycles. The summed E-state index contributed by atoms with van der Waals surface area (Å²) >= 11 is 2.15. The lowest BCUT2D eigenvalue weighted by molar-refractivity contribution is 0.287. The van der Waals surface area contributed by atoms with Gasteiger partial charge in [0.25, 0.3) is 0 Å². The highest BCUT2D eigenvalue weighted by molar-refractivity contribution is 7.99. The van der Waals surface area contributed by atoms with Gasteiger partial charge in [-0.1, -0.05) is 45.0 Å². The van der Waals surface area contributed by atoms with E-state index in [1.807, 2.05) is 0 Å². The standard InChI is InChI=1S/C18H29NS/c1-5-12-19-17-16(10-11-18(17,3)4)20-13-15-9-7-6-8-14(15)2/h6-9,16-17,19H,5,10-13H2,1-4H3. The molecule has 1 nitrogen and oxygen atoms in total. The number of benzene rings is 1. The molecular weight excluding hydrogens is 262 g/mol. The number of rotatable bonds is 6. The van der Waals surface area contributed by atoms with Crippen LogP contribution in [-0.4, -0.2) is 17.8 Å². The smallest absolute Gasteiger partial charge is 0.0237 e. The second kappa shape index (κ2) is 7.00. The Kier molecular flexibility index (Phi) is 5.57. The number of hydrogen-bond acceptors (Lipinski definition) is 2. The van der Waals surface area contributed by atoms with E-state index in [1.165, 1.54) is 30.4 Å². The zero-order valence-electron chi connectivity index (χ0n) is 13.4. The molecule has 20 heavy (non-hydrogen) atoms. The summed E-state index contributed by atoms with van der Waals surface area (Å²) in [6.45, 7) is 10.5. The monoisotopic (exact) mass is 291 g/mol. The van der Waals surface area contributed by atoms with Crippen molar-refractivity contribution < 1.29 is 0 Å². The molecule has 1 fully saturated rings. The maximum absolute atomic E-state index is 3.80. The van der Waals surface area contributed by atoms with Crippen LogP contribution in [0.5, 0.6) is 0 Å². The minimum Gasteiger partial charge on any atom is -0.312 e. The molecule has 2 heteroatoms. The first-order valence-electron chi connectivity index (χ1n) is 7.94. The fourth-order valence-electron chi connectivity index (χ4n) is 3.20. The van der Waals surface area contributed by atoms with Crippen LogP contribution < -0.4 is 5.32 Å². The van der Waals surface area contributed by atoms with Crippen LogP contribution in [0.2, 0.25) is 0 Å². The number of aryl methyl sites for hydroxylation is 1. The molecule has 1 saturated carbocycles. The molecule has 0 saturated heterocycles. The van der Waals surface area contributed by atoms with Crippen LogP contribution in [0.1, 0.15) is 51.2 Å². The third-order valence-electron chi connectivity index (χ3n) is 4.62. The predicted octanol–water partition coefficient (Wildman–Crippen LogP) is 4.79. The van der Waals surface area contributed by atoms with Crippen molar-refractivity contribution in [1.29, 1.82) is 0 Å². The van der Waals surface area contributed by atoms with Gasteiger partial charge in [0, 0.05) is 17.0 Å². The molecule has 1 N–H and O–H groups in total. The van der Waals surface area contributed by atoms with Gasteiger partial charge in [-0.2, -0.15) is 11.8 Å². The van der Waals surface area contributed by atoms with Gasteiger partial charge < -0.3 is 5.32 Å². The Balaban J connectivity index is 1.96. The van der Waals surface area contributed by atoms with Crippen LogP contribution in [0.3, 0.4) is 0 Å². The third kappa shape index (κ3) is 3.79. The molecular formula is C18H29NS. The van der Waals surface area contributed by atoms with Gasteiger partial charge in [-0.05, 0) is 49.3 Å². The van der Waals surface area contributed by atoms with Crippen molar-refractivity contribution in [2.24, 2.45) is 5.41 Å². The van der Waals surface area contributed by atoms with E-state index in [0.717, 1.165) is 17.5 Å². The van der Waals surface area contributed by atoms with Crippen LogP contribution in [0.4, 0.5) is 0 Å². The zero-order valence-corrected chi connectivity index (χ0v) is 14.2. The van der Waals surface area contributed by atoms with E-state index in [0.29, 0.717) is 11.5 Å². The van der Waals surface area contributed by atoms with Crippen molar-refractivity contribution in [3.05, 3.63) is 35.4 Å². The highest BCUT2D eigenvalue weighted by atomic mass is 32.2. The van der Waals surface area contributed by atoms with Gasteiger partial charge in [0.2, 0.25) is 0 Å². The Morgan fingerprint density at radius 3 is 2.75 bits per heavy atom. The molecule has 2 rings (SSSR count). The molecule has 1 aliphatic rings. The SMILES string of the molecule is CCCNC1C(SCc2ccccc2C)CCC1(C)C. The van der Waals surface area contributed by atoms with Crippen LogP contribution >= 0.6 is 11.8 Å². The Labute approximate surface area is 128 Å². The topological polar surface area (TPSA) is 12.0 Å². The molecule has 0 spiro atoms. The molecule has 112 valence electrons. The molecule has 0 amide bonds.